The van der Waals surface area contributed by atoms with E-state index in [4.69, 9.17) is 9.52 Å². The largest absolute Gasteiger partial charge is 0.481 e. The van der Waals surface area contributed by atoms with Crippen LogP contribution in [0.3, 0.4) is 0 Å². The third kappa shape index (κ3) is 3.51. The van der Waals surface area contributed by atoms with Crippen LogP contribution in [0, 0.1) is 6.92 Å². The highest BCUT2D eigenvalue weighted by atomic mass is 32.2. The van der Waals surface area contributed by atoms with Crippen molar-refractivity contribution in [3.05, 3.63) is 48.2 Å². The first-order chi connectivity index (χ1) is 11.6. The van der Waals surface area contributed by atoms with E-state index >= 15 is 0 Å². The van der Waals surface area contributed by atoms with Gasteiger partial charge in [0.15, 0.2) is 5.82 Å². The van der Waals surface area contributed by atoms with Gasteiger partial charge in [-0.25, -0.2) is 0 Å². The SMILES string of the molecule is Cc1occc1-c1nnc(SCC(=O)O)n1/N=C\c1cccnc1. The minimum Gasteiger partial charge on any atom is -0.481 e. The number of pyridine rings is 1. The van der Waals surface area contributed by atoms with E-state index in [0.29, 0.717) is 16.7 Å². The standard InChI is InChI=1S/C15H13N5O3S/c1-10-12(4-6-23-10)14-18-19-15(24-9-13(21)22)20(14)17-8-11-3-2-5-16-7-11/h2-8H,9H2,1H3,(H,21,22)/b17-8-. The van der Waals surface area contributed by atoms with Crippen molar-refractivity contribution in [1.82, 2.24) is 19.9 Å². The zero-order chi connectivity index (χ0) is 16.9. The lowest BCUT2D eigenvalue weighted by molar-refractivity contribution is -0.133. The monoisotopic (exact) mass is 343 g/mol. The lowest BCUT2D eigenvalue weighted by Gasteiger charge is -2.02. The topological polar surface area (TPSA) is 106 Å². The summed E-state index contributed by atoms with van der Waals surface area (Å²) in [4.78, 5) is 14.8. The maximum Gasteiger partial charge on any atom is 0.313 e. The fourth-order valence-electron chi connectivity index (χ4n) is 1.95. The molecule has 0 atom stereocenters. The molecule has 8 nitrogen and oxygen atoms in total. The number of carbonyl (C=O) groups is 1. The van der Waals surface area contributed by atoms with Crippen molar-refractivity contribution >= 4 is 23.9 Å². The molecule has 0 bridgehead atoms. The lowest BCUT2D eigenvalue weighted by Crippen LogP contribution is -2.01. The molecule has 0 aliphatic rings. The van der Waals surface area contributed by atoms with E-state index in [0.717, 1.165) is 22.9 Å². The molecular formula is C15H13N5O3S. The Balaban J connectivity index is 1.99. The number of hydrogen-bond acceptors (Lipinski definition) is 7. The first kappa shape index (κ1) is 15.9. The summed E-state index contributed by atoms with van der Waals surface area (Å²) in [6, 6.07) is 5.42. The van der Waals surface area contributed by atoms with E-state index in [1.54, 1.807) is 37.0 Å². The summed E-state index contributed by atoms with van der Waals surface area (Å²) in [5, 5.41) is 21.8. The minimum atomic E-state index is -0.938. The van der Waals surface area contributed by atoms with Gasteiger partial charge in [0.25, 0.3) is 0 Å². The Labute approximate surface area is 141 Å². The van der Waals surface area contributed by atoms with Crippen molar-refractivity contribution in [2.24, 2.45) is 5.10 Å². The molecule has 0 saturated heterocycles. The third-order valence-corrected chi connectivity index (χ3v) is 3.95. The summed E-state index contributed by atoms with van der Waals surface area (Å²) in [7, 11) is 0. The second-order valence-electron chi connectivity index (χ2n) is 4.72. The molecular weight excluding hydrogens is 330 g/mol. The molecule has 1 N–H and O–H groups in total. The van der Waals surface area contributed by atoms with Crippen LogP contribution in [-0.4, -0.2) is 42.9 Å². The van der Waals surface area contributed by atoms with Crippen molar-refractivity contribution in [2.45, 2.75) is 12.1 Å². The second kappa shape index (κ2) is 7.09. The maximum atomic E-state index is 10.8. The van der Waals surface area contributed by atoms with Crippen molar-refractivity contribution in [1.29, 1.82) is 0 Å². The number of rotatable bonds is 6. The Morgan fingerprint density at radius 2 is 2.33 bits per heavy atom. The molecule has 0 aliphatic heterocycles. The average Bonchev–Trinajstić information content (AvgIpc) is 3.17. The van der Waals surface area contributed by atoms with Crippen LogP contribution in [-0.2, 0) is 4.79 Å². The Hall–Kier alpha value is -2.94. The lowest BCUT2D eigenvalue weighted by atomic mass is 10.2. The van der Waals surface area contributed by atoms with E-state index in [-0.39, 0.29) is 5.75 Å². The molecule has 3 aromatic rings. The van der Waals surface area contributed by atoms with E-state index in [1.807, 2.05) is 13.0 Å². The van der Waals surface area contributed by atoms with Gasteiger partial charge in [0.1, 0.15) is 5.76 Å². The summed E-state index contributed by atoms with van der Waals surface area (Å²) in [5.41, 5.74) is 1.54. The zero-order valence-electron chi connectivity index (χ0n) is 12.7. The van der Waals surface area contributed by atoms with Gasteiger partial charge in [0.2, 0.25) is 5.16 Å². The van der Waals surface area contributed by atoms with Gasteiger partial charge in [-0.3, -0.25) is 9.78 Å². The summed E-state index contributed by atoms with van der Waals surface area (Å²) < 4.78 is 6.80. The Kier molecular flexibility index (Phi) is 4.71. The minimum absolute atomic E-state index is 0.134. The molecule has 24 heavy (non-hydrogen) atoms. The van der Waals surface area contributed by atoms with Gasteiger partial charge in [-0.2, -0.15) is 9.78 Å². The fraction of sp³-hybridized carbons (Fsp3) is 0.133. The van der Waals surface area contributed by atoms with Crippen molar-refractivity contribution in [3.63, 3.8) is 0 Å². The van der Waals surface area contributed by atoms with Gasteiger partial charge in [-0.15, -0.1) is 10.2 Å². The fourth-order valence-corrected chi connectivity index (χ4v) is 2.55. The van der Waals surface area contributed by atoms with E-state index < -0.39 is 5.97 Å². The molecule has 0 saturated carbocycles. The molecule has 9 heteroatoms. The number of aromatic nitrogens is 4. The third-order valence-electron chi connectivity index (χ3n) is 3.04. The van der Waals surface area contributed by atoms with Crippen LogP contribution in [0.4, 0.5) is 0 Å². The summed E-state index contributed by atoms with van der Waals surface area (Å²) >= 11 is 1.04. The molecule has 122 valence electrons. The molecule has 0 aliphatic carbocycles. The Morgan fingerprint density at radius 1 is 1.46 bits per heavy atom. The Bertz CT molecular complexity index is 872. The molecule has 0 aromatic carbocycles. The normalized spacial score (nSPS) is 11.2. The van der Waals surface area contributed by atoms with Crippen LogP contribution >= 0.6 is 11.8 Å². The van der Waals surface area contributed by atoms with Crippen molar-refractivity contribution in [3.8, 4) is 11.4 Å². The molecule has 0 radical (unpaired) electrons. The van der Waals surface area contributed by atoms with Crippen LogP contribution in [0.5, 0.6) is 0 Å². The summed E-state index contributed by atoms with van der Waals surface area (Å²) in [6.45, 7) is 1.81. The predicted molar refractivity (Wildman–Crippen MR) is 88.0 cm³/mol. The van der Waals surface area contributed by atoms with Crippen LogP contribution < -0.4 is 0 Å². The molecule has 0 spiro atoms. The average molecular weight is 343 g/mol. The van der Waals surface area contributed by atoms with E-state index in [1.165, 1.54) is 4.68 Å². The molecule has 3 heterocycles. The van der Waals surface area contributed by atoms with E-state index in [9.17, 15) is 4.79 Å². The highest BCUT2D eigenvalue weighted by Crippen LogP contribution is 2.26. The summed E-state index contributed by atoms with van der Waals surface area (Å²) in [5.74, 6) is 0.0846. The number of hydrogen-bond donors (Lipinski definition) is 1. The number of carboxylic acids is 1. The van der Waals surface area contributed by atoms with Crippen molar-refractivity contribution < 1.29 is 14.3 Å². The Morgan fingerprint density at radius 3 is 3.00 bits per heavy atom. The number of aryl methyl sites for hydroxylation is 1. The number of carboxylic acid groups (broad SMARTS) is 1. The molecule has 3 aromatic heterocycles. The smallest absolute Gasteiger partial charge is 0.313 e. The highest BCUT2D eigenvalue weighted by molar-refractivity contribution is 7.99. The molecule has 0 amide bonds. The highest BCUT2D eigenvalue weighted by Gasteiger charge is 2.18. The first-order valence-electron chi connectivity index (χ1n) is 6.94. The van der Waals surface area contributed by atoms with Gasteiger partial charge in [-0.1, -0.05) is 17.8 Å². The van der Waals surface area contributed by atoms with Crippen LogP contribution in [0.25, 0.3) is 11.4 Å². The zero-order valence-corrected chi connectivity index (χ0v) is 13.5. The van der Waals surface area contributed by atoms with Gasteiger partial charge >= 0.3 is 5.97 Å². The molecule has 0 unspecified atom stereocenters. The van der Waals surface area contributed by atoms with Gasteiger partial charge in [0, 0.05) is 18.0 Å². The van der Waals surface area contributed by atoms with Crippen molar-refractivity contribution in [2.75, 3.05) is 5.75 Å². The number of aliphatic carboxylic acids is 1. The molecule has 3 rings (SSSR count). The van der Waals surface area contributed by atoms with Crippen LogP contribution in [0.2, 0.25) is 0 Å². The van der Waals surface area contributed by atoms with Gasteiger partial charge in [0.05, 0.1) is 23.8 Å². The van der Waals surface area contributed by atoms with Gasteiger partial charge < -0.3 is 9.52 Å². The second-order valence-corrected chi connectivity index (χ2v) is 5.66. The number of thioether (sulfide) groups is 1. The van der Waals surface area contributed by atoms with Gasteiger partial charge in [-0.05, 0) is 19.1 Å². The molecule has 0 fully saturated rings. The maximum absolute atomic E-state index is 10.8. The van der Waals surface area contributed by atoms with E-state index in [2.05, 4.69) is 20.3 Å². The van der Waals surface area contributed by atoms with Crippen LogP contribution in [0.15, 0.2) is 51.5 Å². The predicted octanol–water partition coefficient (Wildman–Crippen LogP) is 2.30. The number of furan rings is 1. The first-order valence-corrected chi connectivity index (χ1v) is 7.92. The summed E-state index contributed by atoms with van der Waals surface area (Å²) in [6.07, 6.45) is 6.50. The van der Waals surface area contributed by atoms with Crippen LogP contribution in [0.1, 0.15) is 11.3 Å². The number of nitrogens with zero attached hydrogens (tertiary/aromatic N) is 5. The quantitative estimate of drug-likeness (QED) is 0.540.